The molecule has 5 nitrogen and oxygen atoms in total. The average molecular weight is 463 g/mol. The van der Waals surface area contributed by atoms with Crippen molar-refractivity contribution in [3.05, 3.63) is 77.1 Å². The van der Waals surface area contributed by atoms with Gasteiger partial charge >= 0.3 is 0 Å². The maximum absolute atomic E-state index is 13.4. The zero-order valence-electron chi connectivity index (χ0n) is 17.3. The second-order valence-electron chi connectivity index (χ2n) is 7.62. The first-order valence-electron chi connectivity index (χ1n) is 9.81. The Hall–Kier alpha value is -2.64. The summed E-state index contributed by atoms with van der Waals surface area (Å²) in [5, 5.41) is 4.93. The standard InChI is InChI=1S/C23H24ClFN2O3S/c1-16(12-18-8-5-7-17-6-3-4-9-20(17)18)14-26-23(28)15-27(31(2,29)30)19-10-11-22(25)21(24)13-19/h3-11,13,16H,12,14-15H2,1-2H3,(H,26,28). The van der Waals surface area contributed by atoms with Crippen LogP contribution in [0.5, 0.6) is 0 Å². The van der Waals surface area contributed by atoms with E-state index in [1.807, 2.05) is 25.1 Å². The average Bonchev–Trinajstić information content (AvgIpc) is 2.72. The van der Waals surface area contributed by atoms with Crippen LogP contribution in [0.1, 0.15) is 12.5 Å². The highest BCUT2D eigenvalue weighted by atomic mass is 35.5. The first-order valence-corrected chi connectivity index (χ1v) is 12.0. The van der Waals surface area contributed by atoms with E-state index < -0.39 is 28.3 Å². The molecule has 0 heterocycles. The van der Waals surface area contributed by atoms with E-state index in [0.717, 1.165) is 28.4 Å². The van der Waals surface area contributed by atoms with Crippen molar-refractivity contribution in [2.45, 2.75) is 13.3 Å². The predicted octanol–water partition coefficient (Wildman–Crippen LogP) is 4.39. The number of fused-ring (bicyclic) bond motifs is 1. The molecule has 0 fully saturated rings. The Balaban J connectivity index is 1.64. The third-order valence-electron chi connectivity index (χ3n) is 4.97. The molecular formula is C23H24ClFN2O3S. The van der Waals surface area contributed by atoms with E-state index >= 15 is 0 Å². The summed E-state index contributed by atoms with van der Waals surface area (Å²) in [6, 6.07) is 17.8. The van der Waals surface area contributed by atoms with Gasteiger partial charge in [0.1, 0.15) is 12.4 Å². The first kappa shape index (κ1) is 23.0. The zero-order valence-corrected chi connectivity index (χ0v) is 18.9. The van der Waals surface area contributed by atoms with Crippen LogP contribution in [-0.2, 0) is 21.2 Å². The van der Waals surface area contributed by atoms with Gasteiger partial charge in [0.25, 0.3) is 0 Å². The summed E-state index contributed by atoms with van der Waals surface area (Å²) in [5.74, 6) is -0.970. The molecule has 3 aromatic carbocycles. The lowest BCUT2D eigenvalue weighted by Gasteiger charge is -2.22. The van der Waals surface area contributed by atoms with Gasteiger partial charge in [0.2, 0.25) is 15.9 Å². The number of nitrogens with zero attached hydrogens (tertiary/aromatic N) is 1. The molecule has 0 saturated carbocycles. The lowest BCUT2D eigenvalue weighted by molar-refractivity contribution is -0.119. The minimum absolute atomic E-state index is 0.132. The Labute approximate surface area is 186 Å². The van der Waals surface area contributed by atoms with E-state index in [2.05, 4.69) is 29.6 Å². The smallest absolute Gasteiger partial charge is 0.240 e. The van der Waals surface area contributed by atoms with E-state index in [-0.39, 0.29) is 16.6 Å². The van der Waals surface area contributed by atoms with Gasteiger partial charge < -0.3 is 5.32 Å². The number of rotatable bonds is 8. The second kappa shape index (κ2) is 9.66. The van der Waals surface area contributed by atoms with Crippen molar-refractivity contribution in [3.8, 4) is 0 Å². The summed E-state index contributed by atoms with van der Waals surface area (Å²) >= 11 is 5.77. The van der Waals surface area contributed by atoms with Gasteiger partial charge in [-0.15, -0.1) is 0 Å². The molecule has 1 unspecified atom stereocenters. The van der Waals surface area contributed by atoms with Gasteiger partial charge in [-0.3, -0.25) is 9.10 Å². The topological polar surface area (TPSA) is 66.5 Å². The van der Waals surface area contributed by atoms with E-state index in [9.17, 15) is 17.6 Å². The molecule has 8 heteroatoms. The Bertz CT molecular complexity index is 1200. The van der Waals surface area contributed by atoms with Crippen LogP contribution in [0.2, 0.25) is 5.02 Å². The minimum atomic E-state index is -3.76. The molecule has 0 radical (unpaired) electrons. The molecule has 1 amide bonds. The van der Waals surface area contributed by atoms with Gasteiger partial charge in [-0.25, -0.2) is 12.8 Å². The highest BCUT2D eigenvalue weighted by Gasteiger charge is 2.22. The van der Waals surface area contributed by atoms with Crippen LogP contribution in [0.25, 0.3) is 10.8 Å². The molecule has 1 N–H and O–H groups in total. The fourth-order valence-corrected chi connectivity index (χ4v) is 4.46. The first-order chi connectivity index (χ1) is 14.6. The lowest BCUT2D eigenvalue weighted by atomic mass is 9.96. The number of anilines is 1. The third kappa shape index (κ3) is 5.95. The van der Waals surface area contributed by atoms with Crippen molar-refractivity contribution >= 4 is 44.0 Å². The molecule has 3 aromatic rings. The van der Waals surface area contributed by atoms with Crippen LogP contribution < -0.4 is 9.62 Å². The number of hydrogen-bond donors (Lipinski definition) is 1. The normalized spacial score (nSPS) is 12.5. The van der Waals surface area contributed by atoms with Crippen molar-refractivity contribution in [3.63, 3.8) is 0 Å². The summed E-state index contributed by atoms with van der Waals surface area (Å²) in [5.41, 5.74) is 1.33. The number of carbonyl (C=O) groups is 1. The van der Waals surface area contributed by atoms with E-state index in [1.165, 1.54) is 23.1 Å². The number of nitrogens with one attached hydrogen (secondary N) is 1. The van der Waals surface area contributed by atoms with Gasteiger partial charge in [-0.1, -0.05) is 61.0 Å². The molecule has 1 atom stereocenters. The van der Waals surface area contributed by atoms with Gasteiger partial charge in [0, 0.05) is 6.54 Å². The van der Waals surface area contributed by atoms with Gasteiger partial charge in [0.15, 0.2) is 0 Å². The van der Waals surface area contributed by atoms with Crippen molar-refractivity contribution in [1.29, 1.82) is 0 Å². The number of sulfonamides is 1. The number of hydrogen-bond acceptors (Lipinski definition) is 3. The summed E-state index contributed by atoms with van der Waals surface area (Å²) in [6.45, 7) is 2.00. The zero-order chi connectivity index (χ0) is 22.6. The lowest BCUT2D eigenvalue weighted by Crippen LogP contribution is -2.41. The highest BCUT2D eigenvalue weighted by Crippen LogP contribution is 2.24. The van der Waals surface area contributed by atoms with Crippen molar-refractivity contribution in [2.24, 2.45) is 5.92 Å². The Morgan fingerprint density at radius 1 is 1.13 bits per heavy atom. The summed E-state index contributed by atoms with van der Waals surface area (Å²) in [6.07, 6.45) is 1.76. The van der Waals surface area contributed by atoms with E-state index in [0.29, 0.717) is 6.54 Å². The van der Waals surface area contributed by atoms with Crippen LogP contribution in [-0.4, -0.2) is 33.7 Å². The summed E-state index contributed by atoms with van der Waals surface area (Å²) < 4.78 is 38.7. The Morgan fingerprint density at radius 3 is 2.55 bits per heavy atom. The molecule has 31 heavy (non-hydrogen) atoms. The molecule has 0 aliphatic carbocycles. The van der Waals surface area contributed by atoms with Gasteiger partial charge in [-0.05, 0) is 46.9 Å². The van der Waals surface area contributed by atoms with E-state index in [1.54, 1.807) is 0 Å². The van der Waals surface area contributed by atoms with Gasteiger partial charge in [-0.2, -0.15) is 0 Å². The maximum atomic E-state index is 13.4. The third-order valence-corrected chi connectivity index (χ3v) is 6.40. The maximum Gasteiger partial charge on any atom is 0.240 e. The molecule has 0 aliphatic rings. The SMILES string of the molecule is CC(CNC(=O)CN(c1ccc(F)c(Cl)c1)S(C)(=O)=O)Cc1cccc2ccccc12. The molecule has 0 spiro atoms. The minimum Gasteiger partial charge on any atom is -0.354 e. The molecule has 0 aliphatic heterocycles. The van der Waals surface area contributed by atoms with Crippen molar-refractivity contribution < 1.29 is 17.6 Å². The molecule has 3 rings (SSSR count). The highest BCUT2D eigenvalue weighted by molar-refractivity contribution is 7.92. The molecule has 164 valence electrons. The van der Waals surface area contributed by atoms with Crippen LogP contribution in [0.15, 0.2) is 60.7 Å². The summed E-state index contributed by atoms with van der Waals surface area (Å²) in [7, 11) is -3.76. The molecule has 0 bridgehead atoms. The molecular weight excluding hydrogens is 439 g/mol. The predicted molar refractivity (Wildman–Crippen MR) is 123 cm³/mol. The summed E-state index contributed by atoms with van der Waals surface area (Å²) in [4.78, 5) is 12.5. The number of carbonyl (C=O) groups excluding carboxylic acids is 1. The second-order valence-corrected chi connectivity index (χ2v) is 9.93. The Morgan fingerprint density at radius 2 is 1.84 bits per heavy atom. The van der Waals surface area contributed by atoms with Crippen LogP contribution in [0.4, 0.5) is 10.1 Å². The van der Waals surface area contributed by atoms with Crippen LogP contribution >= 0.6 is 11.6 Å². The van der Waals surface area contributed by atoms with Crippen molar-refractivity contribution in [1.82, 2.24) is 5.32 Å². The van der Waals surface area contributed by atoms with Crippen LogP contribution in [0, 0.1) is 11.7 Å². The van der Waals surface area contributed by atoms with Crippen molar-refractivity contribution in [2.75, 3.05) is 23.7 Å². The molecule has 0 aromatic heterocycles. The fourth-order valence-electron chi connectivity index (χ4n) is 3.43. The monoisotopic (exact) mass is 462 g/mol. The van der Waals surface area contributed by atoms with Gasteiger partial charge in [0.05, 0.1) is 17.0 Å². The Kier molecular flexibility index (Phi) is 7.18. The largest absolute Gasteiger partial charge is 0.354 e. The fraction of sp³-hybridized carbons (Fsp3) is 0.261. The number of benzene rings is 3. The van der Waals surface area contributed by atoms with E-state index in [4.69, 9.17) is 11.6 Å². The molecule has 0 saturated heterocycles. The van der Waals surface area contributed by atoms with Crippen LogP contribution in [0.3, 0.4) is 0 Å². The number of halogens is 2. The number of amides is 1. The quantitative estimate of drug-likeness (QED) is 0.539.